The number of hydrogen-bond donors (Lipinski definition) is 1. The molecule has 5 rings (SSSR count). The Kier molecular flexibility index (Phi) is 3.74. The van der Waals surface area contributed by atoms with Crippen molar-refractivity contribution in [1.29, 1.82) is 0 Å². The molecule has 0 aromatic rings. The highest BCUT2D eigenvalue weighted by Gasteiger charge is 2.44. The normalized spacial score (nSPS) is 36.5. The first kappa shape index (κ1) is 14.3. The van der Waals surface area contributed by atoms with E-state index in [0.29, 0.717) is 12.0 Å². The van der Waals surface area contributed by atoms with Crippen LogP contribution in [0, 0.1) is 17.8 Å². The van der Waals surface area contributed by atoms with Crippen LogP contribution in [0.2, 0.25) is 0 Å². The van der Waals surface area contributed by atoms with Crippen LogP contribution in [0.1, 0.15) is 44.9 Å². The number of amides is 3. The molecule has 3 aliphatic heterocycles. The SMILES string of the molecule is O=C(CNC(=O)N1CC2CC3CC(C2)CC1C3)N1CCCC1. The number of fused-ring (bicyclic) bond motifs is 1. The van der Waals surface area contributed by atoms with Gasteiger partial charge in [-0.05, 0) is 62.7 Å². The smallest absolute Gasteiger partial charge is 0.318 e. The lowest BCUT2D eigenvalue weighted by atomic mass is 9.68. The lowest BCUT2D eigenvalue weighted by Crippen LogP contribution is -2.49. The fourth-order valence-electron chi connectivity index (χ4n) is 5.36. The van der Waals surface area contributed by atoms with Crippen molar-refractivity contribution in [3.8, 4) is 0 Å². The molecule has 22 heavy (non-hydrogen) atoms. The summed E-state index contributed by atoms with van der Waals surface area (Å²) in [4.78, 5) is 28.6. The number of carbonyl (C=O) groups is 2. The lowest BCUT2D eigenvalue weighted by Gasteiger charge is -2.38. The number of nitrogens with zero attached hydrogens (tertiary/aromatic N) is 2. The molecule has 0 aromatic heterocycles. The summed E-state index contributed by atoms with van der Waals surface area (Å²) in [5.74, 6) is 2.45. The highest BCUT2D eigenvalue weighted by Crippen LogP contribution is 2.47. The minimum absolute atomic E-state index is 0.00857. The Bertz CT molecular complexity index is 447. The second kappa shape index (κ2) is 5.74. The van der Waals surface area contributed by atoms with Gasteiger partial charge in [-0.3, -0.25) is 4.79 Å². The van der Waals surface area contributed by atoms with Gasteiger partial charge in [-0.1, -0.05) is 0 Å². The molecule has 3 heterocycles. The van der Waals surface area contributed by atoms with E-state index in [0.717, 1.165) is 44.3 Å². The molecule has 4 bridgehead atoms. The van der Waals surface area contributed by atoms with Crippen LogP contribution in [-0.4, -0.2) is 54.0 Å². The van der Waals surface area contributed by atoms with Gasteiger partial charge in [0.1, 0.15) is 0 Å². The van der Waals surface area contributed by atoms with Gasteiger partial charge in [0, 0.05) is 25.7 Å². The molecule has 122 valence electrons. The highest BCUT2D eigenvalue weighted by molar-refractivity contribution is 5.84. The van der Waals surface area contributed by atoms with Crippen molar-refractivity contribution < 1.29 is 9.59 Å². The Balaban J connectivity index is 1.35. The molecule has 5 aliphatic rings. The largest absolute Gasteiger partial charge is 0.341 e. The fourth-order valence-corrected chi connectivity index (χ4v) is 5.36. The summed E-state index contributed by atoms with van der Waals surface area (Å²) in [6.45, 7) is 2.78. The average Bonchev–Trinajstić information content (AvgIpc) is 2.96. The zero-order valence-corrected chi connectivity index (χ0v) is 13.3. The second-order valence-corrected chi connectivity index (χ2v) is 7.83. The number of likely N-dealkylation sites (tertiary alicyclic amines) is 1. The van der Waals surface area contributed by atoms with Gasteiger partial charge in [0.15, 0.2) is 0 Å². The fraction of sp³-hybridized carbons (Fsp3) is 0.882. The first-order valence-corrected chi connectivity index (χ1v) is 9.01. The van der Waals surface area contributed by atoms with Crippen molar-refractivity contribution in [2.45, 2.75) is 51.0 Å². The molecule has 5 nitrogen and oxygen atoms in total. The molecular weight excluding hydrogens is 278 g/mol. The van der Waals surface area contributed by atoms with E-state index in [1.807, 2.05) is 4.90 Å². The summed E-state index contributed by atoms with van der Waals surface area (Å²) >= 11 is 0. The number of hydrogen-bond acceptors (Lipinski definition) is 2. The maximum atomic E-state index is 12.6. The molecular formula is C17H27N3O2. The van der Waals surface area contributed by atoms with Crippen LogP contribution in [0.5, 0.6) is 0 Å². The van der Waals surface area contributed by atoms with E-state index < -0.39 is 0 Å². The van der Waals surface area contributed by atoms with E-state index in [4.69, 9.17) is 0 Å². The summed E-state index contributed by atoms with van der Waals surface area (Å²) in [6, 6.07) is 0.406. The molecule has 2 saturated carbocycles. The number of carbonyl (C=O) groups excluding carboxylic acids is 2. The summed E-state index contributed by atoms with van der Waals surface area (Å²) in [5, 5.41) is 2.89. The van der Waals surface area contributed by atoms with Gasteiger partial charge < -0.3 is 15.1 Å². The van der Waals surface area contributed by atoms with Gasteiger partial charge >= 0.3 is 6.03 Å². The molecule has 3 saturated heterocycles. The second-order valence-electron chi connectivity index (χ2n) is 7.83. The van der Waals surface area contributed by atoms with Crippen LogP contribution in [-0.2, 0) is 4.79 Å². The standard InChI is InChI=1S/C17H27N3O2/c21-16(19-3-1-2-4-19)10-18-17(22)20-11-14-6-12-5-13(7-14)9-15(20)8-12/h12-15H,1-11H2,(H,18,22). The molecule has 5 heteroatoms. The van der Waals surface area contributed by atoms with Gasteiger partial charge in [-0.25, -0.2) is 4.79 Å². The molecule has 5 fully saturated rings. The molecule has 2 aliphatic carbocycles. The first-order valence-electron chi connectivity index (χ1n) is 9.01. The van der Waals surface area contributed by atoms with Crippen LogP contribution >= 0.6 is 0 Å². The van der Waals surface area contributed by atoms with Crippen molar-refractivity contribution in [3.63, 3.8) is 0 Å². The maximum Gasteiger partial charge on any atom is 0.318 e. The van der Waals surface area contributed by atoms with E-state index in [2.05, 4.69) is 10.2 Å². The average molecular weight is 305 g/mol. The minimum Gasteiger partial charge on any atom is -0.341 e. The first-order chi connectivity index (χ1) is 10.7. The molecule has 0 aromatic carbocycles. The quantitative estimate of drug-likeness (QED) is 0.846. The molecule has 1 N–H and O–H groups in total. The van der Waals surface area contributed by atoms with E-state index in [1.54, 1.807) is 0 Å². The zero-order valence-electron chi connectivity index (χ0n) is 13.3. The van der Waals surface area contributed by atoms with Crippen molar-refractivity contribution in [2.75, 3.05) is 26.2 Å². The zero-order chi connectivity index (χ0) is 15.1. The van der Waals surface area contributed by atoms with Crippen LogP contribution in [0.25, 0.3) is 0 Å². The van der Waals surface area contributed by atoms with Crippen LogP contribution in [0.3, 0.4) is 0 Å². The van der Waals surface area contributed by atoms with Crippen molar-refractivity contribution in [3.05, 3.63) is 0 Å². The molecule has 3 amide bonds. The van der Waals surface area contributed by atoms with Gasteiger partial charge in [0.25, 0.3) is 0 Å². The molecule has 2 unspecified atom stereocenters. The minimum atomic E-state index is -0.00857. The van der Waals surface area contributed by atoms with Crippen molar-refractivity contribution >= 4 is 11.9 Å². The Hall–Kier alpha value is -1.26. The summed E-state index contributed by atoms with van der Waals surface area (Å²) in [5.41, 5.74) is 0. The highest BCUT2D eigenvalue weighted by atomic mass is 16.2. The third-order valence-electron chi connectivity index (χ3n) is 6.22. The van der Waals surface area contributed by atoms with Crippen LogP contribution in [0.15, 0.2) is 0 Å². The van der Waals surface area contributed by atoms with Gasteiger partial charge in [-0.2, -0.15) is 0 Å². The van der Waals surface area contributed by atoms with Gasteiger partial charge in [-0.15, -0.1) is 0 Å². The summed E-state index contributed by atoms with van der Waals surface area (Å²) < 4.78 is 0. The Labute approximate surface area is 132 Å². The van der Waals surface area contributed by atoms with Crippen molar-refractivity contribution in [1.82, 2.24) is 15.1 Å². The summed E-state index contributed by atoms with van der Waals surface area (Å²) in [7, 11) is 0. The maximum absolute atomic E-state index is 12.6. The number of rotatable bonds is 2. The van der Waals surface area contributed by atoms with E-state index in [9.17, 15) is 9.59 Å². The predicted molar refractivity (Wildman–Crippen MR) is 83.3 cm³/mol. The van der Waals surface area contributed by atoms with Gasteiger partial charge in [0.2, 0.25) is 5.91 Å². The van der Waals surface area contributed by atoms with Crippen LogP contribution in [0.4, 0.5) is 4.79 Å². The Morgan fingerprint density at radius 3 is 2.23 bits per heavy atom. The monoisotopic (exact) mass is 305 g/mol. The van der Waals surface area contributed by atoms with Gasteiger partial charge in [0.05, 0.1) is 6.54 Å². The molecule has 2 atom stereocenters. The summed E-state index contributed by atoms with van der Waals surface area (Å²) in [6.07, 6.45) is 8.56. The lowest BCUT2D eigenvalue weighted by molar-refractivity contribution is -0.129. The van der Waals surface area contributed by atoms with E-state index >= 15 is 0 Å². The number of urea groups is 1. The van der Waals surface area contributed by atoms with Crippen molar-refractivity contribution in [2.24, 2.45) is 17.8 Å². The van der Waals surface area contributed by atoms with E-state index in [1.165, 1.54) is 32.1 Å². The third kappa shape index (κ3) is 2.70. The molecule has 0 radical (unpaired) electrons. The van der Waals surface area contributed by atoms with E-state index in [-0.39, 0.29) is 18.5 Å². The van der Waals surface area contributed by atoms with Crippen LogP contribution < -0.4 is 5.32 Å². The topological polar surface area (TPSA) is 52.7 Å². The Morgan fingerprint density at radius 1 is 0.909 bits per heavy atom. The third-order valence-corrected chi connectivity index (χ3v) is 6.22. The number of nitrogens with one attached hydrogen (secondary N) is 1. The molecule has 0 spiro atoms. The Morgan fingerprint density at radius 2 is 1.55 bits per heavy atom. The predicted octanol–water partition coefficient (Wildman–Crippen LogP) is 1.83.